The second-order valence-corrected chi connectivity index (χ2v) is 5.97. The van der Waals surface area contributed by atoms with E-state index in [9.17, 15) is 4.79 Å². The lowest BCUT2D eigenvalue weighted by molar-refractivity contribution is 0.0914. The van der Waals surface area contributed by atoms with Gasteiger partial charge in [0.05, 0.1) is 19.2 Å². The molecule has 0 aromatic heterocycles. The molecular formula is C15H21NO2S. The average molecular weight is 279 g/mol. The summed E-state index contributed by atoms with van der Waals surface area (Å²) in [6.45, 7) is 2.54. The zero-order chi connectivity index (χ0) is 13.7. The van der Waals surface area contributed by atoms with Crippen molar-refractivity contribution in [3.8, 4) is 5.75 Å². The summed E-state index contributed by atoms with van der Waals surface area (Å²) in [6.07, 6.45) is 4.53. The van der Waals surface area contributed by atoms with Crippen LogP contribution in [0, 0.1) is 0 Å². The molecule has 1 aliphatic rings. The molecule has 1 heterocycles. The van der Waals surface area contributed by atoms with E-state index in [0.29, 0.717) is 17.9 Å². The van der Waals surface area contributed by atoms with Crippen molar-refractivity contribution >= 4 is 17.5 Å². The molecule has 0 aliphatic carbocycles. The molecule has 2 rings (SSSR count). The highest BCUT2D eigenvalue weighted by molar-refractivity contribution is 7.99. The SMILES string of the molecule is COc1ccccc1C(=O)CN1CCC(SC)CC1. The minimum Gasteiger partial charge on any atom is -0.496 e. The summed E-state index contributed by atoms with van der Waals surface area (Å²) in [5, 5.41) is 0.762. The van der Waals surface area contributed by atoms with E-state index in [1.807, 2.05) is 36.0 Å². The van der Waals surface area contributed by atoms with E-state index in [0.717, 1.165) is 18.3 Å². The summed E-state index contributed by atoms with van der Waals surface area (Å²) in [5.41, 5.74) is 0.692. The highest BCUT2D eigenvalue weighted by Crippen LogP contribution is 2.22. The predicted octanol–water partition coefficient (Wildman–Crippen LogP) is 2.71. The maximum absolute atomic E-state index is 12.3. The molecule has 104 valence electrons. The molecule has 0 N–H and O–H groups in total. The number of ketones is 1. The minimum absolute atomic E-state index is 0.153. The van der Waals surface area contributed by atoms with Gasteiger partial charge in [0.25, 0.3) is 0 Å². The number of Topliss-reactive ketones (excluding diaryl/α,β-unsaturated/α-hetero) is 1. The van der Waals surface area contributed by atoms with Crippen LogP contribution in [0.4, 0.5) is 0 Å². The van der Waals surface area contributed by atoms with E-state index in [1.165, 1.54) is 12.8 Å². The van der Waals surface area contributed by atoms with Gasteiger partial charge in [-0.3, -0.25) is 9.69 Å². The van der Waals surface area contributed by atoms with E-state index in [2.05, 4.69) is 11.2 Å². The van der Waals surface area contributed by atoms with E-state index in [4.69, 9.17) is 4.74 Å². The van der Waals surface area contributed by atoms with Crippen LogP contribution in [0.5, 0.6) is 5.75 Å². The number of hydrogen-bond acceptors (Lipinski definition) is 4. The summed E-state index contributed by atoms with van der Waals surface area (Å²) in [7, 11) is 1.61. The number of nitrogens with zero attached hydrogens (tertiary/aromatic N) is 1. The number of piperidine rings is 1. The number of carbonyl (C=O) groups excluding carboxylic acids is 1. The number of likely N-dealkylation sites (tertiary alicyclic amines) is 1. The maximum atomic E-state index is 12.3. The van der Waals surface area contributed by atoms with Crippen molar-refractivity contribution in [3.63, 3.8) is 0 Å². The monoisotopic (exact) mass is 279 g/mol. The second-order valence-electron chi connectivity index (χ2n) is 4.83. The zero-order valence-electron chi connectivity index (χ0n) is 11.6. The standard InChI is InChI=1S/C15H21NO2S/c1-18-15-6-4-3-5-13(15)14(17)11-16-9-7-12(19-2)8-10-16/h3-6,12H,7-11H2,1-2H3. The highest BCUT2D eigenvalue weighted by Gasteiger charge is 2.21. The third-order valence-electron chi connectivity index (χ3n) is 3.64. The van der Waals surface area contributed by atoms with Crippen LogP contribution >= 0.6 is 11.8 Å². The van der Waals surface area contributed by atoms with Gasteiger partial charge in [-0.1, -0.05) is 12.1 Å². The van der Waals surface area contributed by atoms with Crippen molar-refractivity contribution in [3.05, 3.63) is 29.8 Å². The quantitative estimate of drug-likeness (QED) is 0.775. The molecule has 1 aromatic carbocycles. The first-order chi connectivity index (χ1) is 9.24. The van der Waals surface area contributed by atoms with Gasteiger partial charge in [0.15, 0.2) is 5.78 Å². The van der Waals surface area contributed by atoms with Crippen molar-refractivity contribution < 1.29 is 9.53 Å². The topological polar surface area (TPSA) is 29.5 Å². The summed E-state index contributed by atoms with van der Waals surface area (Å²) >= 11 is 1.94. The number of hydrogen-bond donors (Lipinski definition) is 0. The molecule has 4 heteroatoms. The number of thioether (sulfide) groups is 1. The number of rotatable bonds is 5. The molecule has 0 atom stereocenters. The molecule has 0 unspecified atom stereocenters. The van der Waals surface area contributed by atoms with Crippen molar-refractivity contribution in [2.75, 3.05) is 33.0 Å². The first-order valence-corrected chi connectivity index (χ1v) is 7.94. The van der Waals surface area contributed by atoms with Gasteiger partial charge in [-0.25, -0.2) is 0 Å². The zero-order valence-corrected chi connectivity index (χ0v) is 12.4. The molecule has 1 aliphatic heterocycles. The van der Waals surface area contributed by atoms with Crippen LogP contribution in [0.3, 0.4) is 0 Å². The number of carbonyl (C=O) groups is 1. The lowest BCUT2D eigenvalue weighted by Gasteiger charge is -2.30. The van der Waals surface area contributed by atoms with E-state index < -0.39 is 0 Å². The smallest absolute Gasteiger partial charge is 0.180 e. The van der Waals surface area contributed by atoms with Crippen molar-refractivity contribution in [1.82, 2.24) is 4.90 Å². The Morgan fingerprint density at radius 1 is 1.37 bits per heavy atom. The van der Waals surface area contributed by atoms with Gasteiger partial charge in [-0.15, -0.1) is 0 Å². The van der Waals surface area contributed by atoms with Crippen LogP contribution in [0.25, 0.3) is 0 Å². The van der Waals surface area contributed by atoms with Crippen LogP contribution in [-0.2, 0) is 0 Å². The second kappa shape index (κ2) is 6.96. The fourth-order valence-corrected chi connectivity index (χ4v) is 3.15. The van der Waals surface area contributed by atoms with E-state index in [1.54, 1.807) is 7.11 Å². The van der Waals surface area contributed by atoms with Crippen LogP contribution in [0.2, 0.25) is 0 Å². The Kier molecular flexibility index (Phi) is 5.28. The molecule has 0 radical (unpaired) electrons. The molecule has 1 fully saturated rings. The Morgan fingerprint density at radius 3 is 2.68 bits per heavy atom. The fourth-order valence-electron chi connectivity index (χ4n) is 2.47. The predicted molar refractivity (Wildman–Crippen MR) is 80.3 cm³/mol. The molecule has 0 bridgehead atoms. The van der Waals surface area contributed by atoms with Gasteiger partial charge in [0.2, 0.25) is 0 Å². The average Bonchev–Trinajstić information content (AvgIpc) is 2.48. The molecule has 0 saturated carbocycles. The lowest BCUT2D eigenvalue weighted by Crippen LogP contribution is -2.38. The largest absolute Gasteiger partial charge is 0.496 e. The van der Waals surface area contributed by atoms with Crippen molar-refractivity contribution in [2.45, 2.75) is 18.1 Å². The third-order valence-corrected chi connectivity index (χ3v) is 4.78. The Labute approximate surface area is 119 Å². The van der Waals surface area contributed by atoms with Gasteiger partial charge in [0.1, 0.15) is 5.75 Å². The molecule has 1 aromatic rings. The first kappa shape index (κ1) is 14.4. The van der Waals surface area contributed by atoms with E-state index in [-0.39, 0.29) is 5.78 Å². The van der Waals surface area contributed by atoms with Crippen LogP contribution in [0.15, 0.2) is 24.3 Å². The molecule has 0 amide bonds. The van der Waals surface area contributed by atoms with Gasteiger partial charge < -0.3 is 4.74 Å². The number of ether oxygens (including phenoxy) is 1. The summed E-state index contributed by atoms with van der Waals surface area (Å²) in [6, 6.07) is 7.46. The number of benzene rings is 1. The van der Waals surface area contributed by atoms with Gasteiger partial charge in [0, 0.05) is 5.25 Å². The molecule has 19 heavy (non-hydrogen) atoms. The van der Waals surface area contributed by atoms with Crippen LogP contribution in [-0.4, -0.2) is 48.9 Å². The van der Waals surface area contributed by atoms with Crippen molar-refractivity contribution in [2.24, 2.45) is 0 Å². The Morgan fingerprint density at radius 2 is 2.05 bits per heavy atom. The lowest BCUT2D eigenvalue weighted by atomic mass is 10.1. The highest BCUT2D eigenvalue weighted by atomic mass is 32.2. The van der Waals surface area contributed by atoms with Gasteiger partial charge >= 0.3 is 0 Å². The first-order valence-electron chi connectivity index (χ1n) is 6.66. The molecule has 0 spiro atoms. The molecule has 1 saturated heterocycles. The summed E-state index contributed by atoms with van der Waals surface area (Å²) < 4.78 is 5.25. The molecular weight excluding hydrogens is 258 g/mol. The molecule has 3 nitrogen and oxygen atoms in total. The van der Waals surface area contributed by atoms with E-state index >= 15 is 0 Å². The summed E-state index contributed by atoms with van der Waals surface area (Å²) in [5.74, 6) is 0.826. The normalized spacial score (nSPS) is 17.4. The maximum Gasteiger partial charge on any atom is 0.180 e. The Bertz CT molecular complexity index is 428. The number of methoxy groups -OCH3 is 1. The summed E-state index contributed by atoms with van der Waals surface area (Å²) in [4.78, 5) is 14.6. The van der Waals surface area contributed by atoms with Crippen LogP contribution in [0.1, 0.15) is 23.2 Å². The Hall–Kier alpha value is -1.00. The van der Waals surface area contributed by atoms with Gasteiger partial charge in [-0.2, -0.15) is 11.8 Å². The minimum atomic E-state index is 0.153. The van der Waals surface area contributed by atoms with Gasteiger partial charge in [-0.05, 0) is 44.3 Å². The number of para-hydroxylation sites is 1. The third kappa shape index (κ3) is 3.74. The Balaban J connectivity index is 1.94. The fraction of sp³-hybridized carbons (Fsp3) is 0.533. The van der Waals surface area contributed by atoms with Crippen LogP contribution < -0.4 is 4.74 Å². The van der Waals surface area contributed by atoms with Crippen molar-refractivity contribution in [1.29, 1.82) is 0 Å².